The number of unbranched alkanes of at least 4 members (excludes halogenated alkanes) is 4. The van der Waals surface area contributed by atoms with Gasteiger partial charge in [0.1, 0.15) is 0 Å². The maximum absolute atomic E-state index is 6.99. The monoisotopic (exact) mass is 532 g/mol. The van der Waals surface area contributed by atoms with Crippen molar-refractivity contribution < 1.29 is 13.0 Å². The standard InChI is InChI=1S/C28H64N2O3Si2/c1-9-15-21-29(22-16-10-2)25-19-27-34(7,31-13-5)33-35(8,32-14-6)28-20-26-30(23-17-11-3)24-18-12-4/h9-28H2,1-8H3. The smallest absolute Gasteiger partial charge is 0.326 e. The molecule has 0 saturated carbocycles. The number of rotatable bonds is 26. The number of hydrogen-bond donors (Lipinski definition) is 0. The molecule has 2 unspecified atom stereocenters. The summed E-state index contributed by atoms with van der Waals surface area (Å²) >= 11 is 0. The van der Waals surface area contributed by atoms with Crippen LogP contribution in [0.4, 0.5) is 0 Å². The molecule has 0 rings (SSSR count). The highest BCUT2D eigenvalue weighted by Crippen LogP contribution is 2.26. The van der Waals surface area contributed by atoms with Crippen molar-refractivity contribution >= 4 is 17.1 Å². The molecule has 0 aromatic heterocycles. The Bertz CT molecular complexity index is 419. The Morgan fingerprint density at radius 1 is 0.457 bits per heavy atom. The van der Waals surface area contributed by atoms with E-state index in [4.69, 9.17) is 13.0 Å². The molecule has 2 atom stereocenters. The van der Waals surface area contributed by atoms with Crippen molar-refractivity contribution in [2.75, 3.05) is 52.5 Å². The molecule has 212 valence electrons. The summed E-state index contributed by atoms with van der Waals surface area (Å²) in [7, 11) is -4.55. The zero-order valence-electron chi connectivity index (χ0n) is 25.3. The summed E-state index contributed by atoms with van der Waals surface area (Å²) < 4.78 is 19.8. The second-order valence-electron chi connectivity index (χ2n) is 10.5. The van der Waals surface area contributed by atoms with Crippen LogP contribution in [0.2, 0.25) is 25.2 Å². The van der Waals surface area contributed by atoms with Gasteiger partial charge in [-0.1, -0.05) is 53.4 Å². The fourth-order valence-electron chi connectivity index (χ4n) is 4.82. The van der Waals surface area contributed by atoms with Crippen LogP contribution >= 0.6 is 0 Å². The summed E-state index contributed by atoms with van der Waals surface area (Å²) in [5.41, 5.74) is 0. The fraction of sp³-hybridized carbons (Fsp3) is 1.00. The van der Waals surface area contributed by atoms with Gasteiger partial charge in [-0.2, -0.15) is 0 Å². The van der Waals surface area contributed by atoms with Gasteiger partial charge in [-0.3, -0.25) is 0 Å². The molecule has 0 saturated heterocycles. The van der Waals surface area contributed by atoms with E-state index < -0.39 is 17.1 Å². The molecule has 7 heteroatoms. The zero-order chi connectivity index (χ0) is 26.4. The van der Waals surface area contributed by atoms with Crippen molar-refractivity contribution in [2.24, 2.45) is 0 Å². The first kappa shape index (κ1) is 35.2. The molecule has 0 heterocycles. The van der Waals surface area contributed by atoms with Crippen molar-refractivity contribution in [1.82, 2.24) is 9.80 Å². The second-order valence-corrected chi connectivity index (χ2v) is 17.5. The van der Waals surface area contributed by atoms with E-state index >= 15 is 0 Å². The normalized spacial score (nSPS) is 15.6. The Kier molecular flexibility index (Phi) is 22.4. The lowest BCUT2D eigenvalue weighted by Gasteiger charge is -2.37. The summed E-state index contributed by atoms with van der Waals surface area (Å²) in [6.07, 6.45) is 12.6. The molecule has 35 heavy (non-hydrogen) atoms. The molecule has 0 fully saturated rings. The van der Waals surface area contributed by atoms with Gasteiger partial charge in [0, 0.05) is 13.2 Å². The van der Waals surface area contributed by atoms with Gasteiger partial charge in [0.25, 0.3) is 0 Å². The predicted molar refractivity (Wildman–Crippen MR) is 159 cm³/mol. The van der Waals surface area contributed by atoms with Gasteiger partial charge in [-0.05, 0) is 117 Å². The molecule has 0 aliphatic carbocycles. The van der Waals surface area contributed by atoms with Crippen LogP contribution < -0.4 is 0 Å². The first-order chi connectivity index (χ1) is 16.8. The Balaban J connectivity index is 5.01. The molecule has 0 aliphatic heterocycles. The summed E-state index contributed by atoms with van der Waals surface area (Å²) in [4.78, 5) is 5.32. The van der Waals surface area contributed by atoms with Crippen LogP contribution in [0.5, 0.6) is 0 Å². The van der Waals surface area contributed by atoms with Gasteiger partial charge in [-0.25, -0.2) is 0 Å². The van der Waals surface area contributed by atoms with Gasteiger partial charge in [0.15, 0.2) is 0 Å². The second kappa shape index (κ2) is 22.2. The molecule has 5 nitrogen and oxygen atoms in total. The first-order valence-corrected chi connectivity index (χ1v) is 20.3. The number of nitrogens with zero attached hydrogens (tertiary/aromatic N) is 2. The van der Waals surface area contributed by atoms with E-state index in [0.29, 0.717) is 0 Å². The van der Waals surface area contributed by atoms with Crippen molar-refractivity contribution in [3.63, 3.8) is 0 Å². The highest BCUT2D eigenvalue weighted by molar-refractivity contribution is 6.80. The SMILES string of the molecule is CCCCN(CCCC)CCC[Si](C)(OCC)O[Si](C)(CCCN(CCCC)CCCC)OCC. The third kappa shape index (κ3) is 18.2. The van der Waals surface area contributed by atoms with Crippen LogP contribution in [0.1, 0.15) is 106 Å². The highest BCUT2D eigenvalue weighted by Gasteiger charge is 2.42. The molecule has 0 aliphatic rings. The van der Waals surface area contributed by atoms with E-state index in [1.54, 1.807) is 0 Å². The Labute approximate surface area is 223 Å². The van der Waals surface area contributed by atoms with Crippen LogP contribution in [0.3, 0.4) is 0 Å². The van der Waals surface area contributed by atoms with Gasteiger partial charge in [-0.15, -0.1) is 0 Å². The summed E-state index contributed by atoms with van der Waals surface area (Å²) in [6.45, 7) is 26.6. The lowest BCUT2D eigenvalue weighted by atomic mass is 10.2. The minimum atomic E-state index is -2.27. The van der Waals surface area contributed by atoms with E-state index in [1.807, 2.05) is 0 Å². The van der Waals surface area contributed by atoms with Crippen molar-refractivity contribution in [2.45, 2.75) is 131 Å². The fourth-order valence-corrected chi connectivity index (χ4v) is 12.9. The van der Waals surface area contributed by atoms with Crippen LogP contribution in [0, 0.1) is 0 Å². The van der Waals surface area contributed by atoms with Crippen LogP contribution in [0.25, 0.3) is 0 Å². The molecule has 0 N–H and O–H groups in total. The van der Waals surface area contributed by atoms with Crippen LogP contribution in [0.15, 0.2) is 0 Å². The van der Waals surface area contributed by atoms with Crippen LogP contribution in [-0.2, 0) is 13.0 Å². The molecule has 0 amide bonds. The summed E-state index contributed by atoms with van der Waals surface area (Å²) in [6, 6.07) is 2.12. The quantitative estimate of drug-likeness (QED) is 0.106. The molecule has 0 aromatic rings. The van der Waals surface area contributed by atoms with E-state index in [2.05, 4.69) is 64.4 Å². The zero-order valence-corrected chi connectivity index (χ0v) is 27.3. The lowest BCUT2D eigenvalue weighted by molar-refractivity contribution is 0.193. The lowest BCUT2D eigenvalue weighted by Crippen LogP contribution is -2.52. The average molecular weight is 533 g/mol. The van der Waals surface area contributed by atoms with Crippen LogP contribution in [-0.4, -0.2) is 79.4 Å². The topological polar surface area (TPSA) is 34.2 Å². The molecule has 0 aromatic carbocycles. The Morgan fingerprint density at radius 2 is 0.743 bits per heavy atom. The highest BCUT2D eigenvalue weighted by atomic mass is 28.5. The predicted octanol–water partition coefficient (Wildman–Crippen LogP) is 7.80. The van der Waals surface area contributed by atoms with Gasteiger partial charge in [0.05, 0.1) is 0 Å². The molecular weight excluding hydrogens is 468 g/mol. The minimum Gasteiger partial charge on any atom is -0.415 e. The molecular formula is C28H64N2O3Si2. The summed E-state index contributed by atoms with van der Waals surface area (Å²) in [5, 5.41) is 0. The third-order valence-corrected chi connectivity index (χ3v) is 14.6. The van der Waals surface area contributed by atoms with Crippen molar-refractivity contribution in [3.8, 4) is 0 Å². The maximum Gasteiger partial charge on any atom is 0.326 e. The molecule has 0 spiro atoms. The van der Waals surface area contributed by atoms with E-state index in [0.717, 1.165) is 51.2 Å². The van der Waals surface area contributed by atoms with Gasteiger partial charge in [0.2, 0.25) is 0 Å². The Morgan fingerprint density at radius 3 is 1.00 bits per heavy atom. The third-order valence-electron chi connectivity index (χ3n) is 6.85. The first-order valence-electron chi connectivity index (χ1n) is 15.2. The number of hydrogen-bond acceptors (Lipinski definition) is 5. The molecule has 0 bridgehead atoms. The van der Waals surface area contributed by atoms with Crippen molar-refractivity contribution in [3.05, 3.63) is 0 Å². The minimum absolute atomic E-state index is 0.733. The summed E-state index contributed by atoms with van der Waals surface area (Å²) in [5.74, 6) is 0. The van der Waals surface area contributed by atoms with Gasteiger partial charge >= 0.3 is 17.1 Å². The molecule has 0 radical (unpaired) electrons. The Hall–Kier alpha value is 0.234. The van der Waals surface area contributed by atoms with Crippen molar-refractivity contribution in [1.29, 1.82) is 0 Å². The van der Waals surface area contributed by atoms with E-state index in [1.165, 1.54) is 77.5 Å². The van der Waals surface area contributed by atoms with Gasteiger partial charge < -0.3 is 22.8 Å². The largest absolute Gasteiger partial charge is 0.415 e. The van der Waals surface area contributed by atoms with E-state index in [9.17, 15) is 0 Å². The average Bonchev–Trinajstić information content (AvgIpc) is 2.81. The van der Waals surface area contributed by atoms with E-state index in [-0.39, 0.29) is 0 Å². The maximum atomic E-state index is 6.99.